The Morgan fingerprint density at radius 2 is 2.05 bits per heavy atom. The number of hydrogen-bond acceptors (Lipinski definition) is 5. The second kappa shape index (κ2) is 10.00. The van der Waals surface area contributed by atoms with E-state index in [0.29, 0.717) is 37.1 Å². The van der Waals surface area contributed by atoms with Gasteiger partial charge < -0.3 is 25.0 Å². The van der Waals surface area contributed by atoms with Crippen molar-refractivity contribution in [2.45, 2.75) is 6.10 Å². The van der Waals surface area contributed by atoms with Gasteiger partial charge in [-0.25, -0.2) is 0 Å². The molecule has 0 aliphatic heterocycles. The molecule has 0 saturated carbocycles. The van der Waals surface area contributed by atoms with Crippen LogP contribution in [0.1, 0.15) is 0 Å². The van der Waals surface area contributed by atoms with Crippen LogP contribution in [0.15, 0.2) is 24.3 Å². The van der Waals surface area contributed by atoms with Gasteiger partial charge in [-0.15, -0.1) is 0 Å². The van der Waals surface area contributed by atoms with E-state index in [0.717, 1.165) is 0 Å². The first-order valence-electron chi connectivity index (χ1n) is 6.18. The molecule has 0 radical (unpaired) electrons. The fourth-order valence-corrected chi connectivity index (χ4v) is 1.58. The average Bonchev–Trinajstić information content (AvgIpc) is 2.42. The standard InChI is InChI=1S/C13H20ClNO4/c14-12-3-1-2-4-13(12)19-10-11(17)9-15-5-7-18-8-6-16/h1-4,11,15-17H,5-10H2/t11-/m0/s1. The molecule has 0 saturated heterocycles. The van der Waals surface area contributed by atoms with Crippen LogP contribution in [-0.4, -0.2) is 55.8 Å². The molecule has 1 rings (SSSR count). The molecule has 6 heteroatoms. The van der Waals surface area contributed by atoms with Gasteiger partial charge in [-0.05, 0) is 12.1 Å². The predicted molar refractivity (Wildman–Crippen MR) is 73.7 cm³/mol. The number of para-hydroxylation sites is 1. The molecule has 108 valence electrons. The van der Waals surface area contributed by atoms with Crippen molar-refractivity contribution in [3.8, 4) is 5.75 Å². The molecule has 1 atom stereocenters. The van der Waals surface area contributed by atoms with E-state index < -0.39 is 6.10 Å². The van der Waals surface area contributed by atoms with Crippen LogP contribution in [0.4, 0.5) is 0 Å². The molecule has 0 aliphatic carbocycles. The Kier molecular flexibility index (Phi) is 8.53. The van der Waals surface area contributed by atoms with Crippen LogP contribution < -0.4 is 10.1 Å². The maximum atomic E-state index is 9.69. The highest BCUT2D eigenvalue weighted by Crippen LogP contribution is 2.22. The molecule has 0 spiro atoms. The lowest BCUT2D eigenvalue weighted by atomic mass is 10.3. The molecular formula is C13H20ClNO4. The molecular weight excluding hydrogens is 270 g/mol. The molecule has 0 fully saturated rings. The predicted octanol–water partition coefficient (Wildman–Crippen LogP) is 0.678. The van der Waals surface area contributed by atoms with E-state index >= 15 is 0 Å². The lowest BCUT2D eigenvalue weighted by Crippen LogP contribution is -2.33. The topological polar surface area (TPSA) is 71.0 Å². The van der Waals surface area contributed by atoms with Gasteiger partial charge in [0, 0.05) is 13.1 Å². The molecule has 0 aliphatic rings. The Hall–Kier alpha value is -0.850. The number of aliphatic hydroxyl groups excluding tert-OH is 2. The highest BCUT2D eigenvalue weighted by Gasteiger charge is 2.06. The first-order chi connectivity index (χ1) is 9.24. The molecule has 19 heavy (non-hydrogen) atoms. The van der Waals surface area contributed by atoms with E-state index in [2.05, 4.69) is 5.32 Å². The maximum absolute atomic E-state index is 9.69. The van der Waals surface area contributed by atoms with Crippen molar-refractivity contribution >= 4 is 11.6 Å². The van der Waals surface area contributed by atoms with Crippen molar-refractivity contribution in [3.05, 3.63) is 29.3 Å². The zero-order valence-electron chi connectivity index (χ0n) is 10.7. The number of ether oxygens (including phenoxy) is 2. The summed E-state index contributed by atoms with van der Waals surface area (Å²) >= 11 is 5.92. The zero-order chi connectivity index (χ0) is 13.9. The lowest BCUT2D eigenvalue weighted by molar-refractivity contribution is 0.0842. The third kappa shape index (κ3) is 7.34. The third-order valence-electron chi connectivity index (χ3n) is 2.31. The van der Waals surface area contributed by atoms with Crippen LogP contribution in [-0.2, 0) is 4.74 Å². The summed E-state index contributed by atoms with van der Waals surface area (Å²) in [6, 6.07) is 7.13. The summed E-state index contributed by atoms with van der Waals surface area (Å²) < 4.78 is 10.5. The number of rotatable bonds is 10. The van der Waals surface area contributed by atoms with E-state index in [1.54, 1.807) is 12.1 Å². The summed E-state index contributed by atoms with van der Waals surface area (Å²) in [5.74, 6) is 0.564. The number of benzene rings is 1. The second-order valence-corrected chi connectivity index (χ2v) is 4.34. The van der Waals surface area contributed by atoms with Crippen molar-refractivity contribution in [3.63, 3.8) is 0 Å². The van der Waals surface area contributed by atoms with Crippen LogP contribution in [0.5, 0.6) is 5.75 Å². The highest BCUT2D eigenvalue weighted by atomic mass is 35.5. The molecule has 3 N–H and O–H groups in total. The number of aliphatic hydroxyl groups is 2. The van der Waals surface area contributed by atoms with Gasteiger partial charge in [0.05, 0.1) is 24.8 Å². The van der Waals surface area contributed by atoms with Gasteiger partial charge in [-0.3, -0.25) is 0 Å². The summed E-state index contributed by atoms with van der Waals surface area (Å²) in [5, 5.41) is 21.7. The third-order valence-corrected chi connectivity index (χ3v) is 2.62. The van der Waals surface area contributed by atoms with Crippen molar-refractivity contribution in [2.75, 3.05) is 39.5 Å². The Balaban J connectivity index is 2.08. The SMILES string of the molecule is OCCOCCNC[C@H](O)COc1ccccc1Cl. The van der Waals surface area contributed by atoms with E-state index in [-0.39, 0.29) is 13.2 Å². The van der Waals surface area contributed by atoms with Gasteiger partial charge in [0.25, 0.3) is 0 Å². The number of nitrogens with one attached hydrogen (secondary N) is 1. The molecule has 0 heterocycles. The van der Waals surface area contributed by atoms with Gasteiger partial charge >= 0.3 is 0 Å². The zero-order valence-corrected chi connectivity index (χ0v) is 11.5. The minimum atomic E-state index is -0.617. The summed E-state index contributed by atoms with van der Waals surface area (Å²) in [4.78, 5) is 0. The quantitative estimate of drug-likeness (QED) is 0.553. The van der Waals surface area contributed by atoms with E-state index in [1.807, 2.05) is 12.1 Å². The van der Waals surface area contributed by atoms with Gasteiger partial charge in [0.2, 0.25) is 0 Å². The number of hydrogen-bond donors (Lipinski definition) is 3. The van der Waals surface area contributed by atoms with Crippen molar-refractivity contribution in [1.82, 2.24) is 5.32 Å². The van der Waals surface area contributed by atoms with Gasteiger partial charge in [-0.1, -0.05) is 23.7 Å². The van der Waals surface area contributed by atoms with E-state index in [9.17, 15) is 5.11 Å². The van der Waals surface area contributed by atoms with E-state index in [1.165, 1.54) is 0 Å². The van der Waals surface area contributed by atoms with Crippen LogP contribution in [0.3, 0.4) is 0 Å². The summed E-state index contributed by atoms with van der Waals surface area (Å²) in [7, 11) is 0. The molecule has 5 nitrogen and oxygen atoms in total. The van der Waals surface area contributed by atoms with Gasteiger partial charge in [0.1, 0.15) is 18.5 Å². The Bertz CT molecular complexity index is 351. The largest absolute Gasteiger partial charge is 0.489 e. The van der Waals surface area contributed by atoms with Crippen LogP contribution in [0.2, 0.25) is 5.02 Å². The minimum Gasteiger partial charge on any atom is -0.489 e. The Labute approximate surface area is 118 Å². The van der Waals surface area contributed by atoms with Crippen molar-refractivity contribution in [1.29, 1.82) is 0 Å². The van der Waals surface area contributed by atoms with Crippen LogP contribution >= 0.6 is 11.6 Å². The fourth-order valence-electron chi connectivity index (χ4n) is 1.39. The maximum Gasteiger partial charge on any atom is 0.138 e. The molecule has 1 aromatic rings. The first-order valence-corrected chi connectivity index (χ1v) is 6.56. The highest BCUT2D eigenvalue weighted by molar-refractivity contribution is 6.32. The van der Waals surface area contributed by atoms with Crippen LogP contribution in [0, 0.1) is 0 Å². The smallest absolute Gasteiger partial charge is 0.138 e. The average molecular weight is 290 g/mol. The molecule has 0 aromatic heterocycles. The van der Waals surface area contributed by atoms with Crippen LogP contribution in [0.25, 0.3) is 0 Å². The Morgan fingerprint density at radius 3 is 2.79 bits per heavy atom. The first kappa shape index (κ1) is 16.2. The van der Waals surface area contributed by atoms with Crippen molar-refractivity contribution < 1.29 is 19.7 Å². The monoisotopic (exact) mass is 289 g/mol. The molecule has 0 amide bonds. The lowest BCUT2D eigenvalue weighted by Gasteiger charge is -2.14. The summed E-state index contributed by atoms with van der Waals surface area (Å²) in [6.45, 7) is 2.05. The van der Waals surface area contributed by atoms with Gasteiger partial charge in [0.15, 0.2) is 0 Å². The van der Waals surface area contributed by atoms with E-state index in [4.69, 9.17) is 26.2 Å². The summed E-state index contributed by atoms with van der Waals surface area (Å²) in [6.07, 6.45) is -0.617. The Morgan fingerprint density at radius 1 is 1.26 bits per heavy atom. The molecule has 0 unspecified atom stereocenters. The molecule has 1 aromatic carbocycles. The summed E-state index contributed by atoms with van der Waals surface area (Å²) in [5.41, 5.74) is 0. The second-order valence-electron chi connectivity index (χ2n) is 3.94. The normalized spacial score (nSPS) is 12.4. The molecule has 0 bridgehead atoms. The van der Waals surface area contributed by atoms with Crippen molar-refractivity contribution in [2.24, 2.45) is 0 Å². The fraction of sp³-hybridized carbons (Fsp3) is 0.538. The van der Waals surface area contributed by atoms with Gasteiger partial charge in [-0.2, -0.15) is 0 Å². The number of halogens is 1. The minimum absolute atomic E-state index is 0.0221.